The number of hydrogen-bond acceptors (Lipinski definition) is 14. The summed E-state index contributed by atoms with van der Waals surface area (Å²) in [5.41, 5.74) is -7.10. The molecule has 0 aromatic heterocycles. The van der Waals surface area contributed by atoms with E-state index in [1.54, 1.807) is 6.92 Å². The van der Waals surface area contributed by atoms with Crippen molar-refractivity contribution in [2.75, 3.05) is 7.11 Å². The third-order valence-corrected chi connectivity index (χ3v) is 11.3. The Kier molecular flexibility index (Phi) is 6.54. The third kappa shape index (κ3) is 3.74. The number of fused-ring (bicyclic) bond motifs is 9. The topological polar surface area (TPSA) is 233 Å². The van der Waals surface area contributed by atoms with Gasteiger partial charge in [0.25, 0.3) is 0 Å². The molecule has 3 aliphatic carbocycles. The van der Waals surface area contributed by atoms with Crippen LogP contribution in [0.3, 0.4) is 0 Å². The molecule has 0 amide bonds. The van der Waals surface area contributed by atoms with Gasteiger partial charge in [0.2, 0.25) is 11.6 Å². The lowest BCUT2D eigenvalue weighted by Gasteiger charge is -2.39. The van der Waals surface area contributed by atoms with E-state index >= 15 is 0 Å². The first-order valence-electron chi connectivity index (χ1n) is 16.2. The minimum atomic E-state index is -2.02. The molecule has 50 heavy (non-hydrogen) atoms. The first-order chi connectivity index (χ1) is 23.5. The van der Waals surface area contributed by atoms with E-state index in [0.29, 0.717) is 5.56 Å². The molecule has 4 N–H and O–H groups in total. The van der Waals surface area contributed by atoms with E-state index in [1.807, 2.05) is 0 Å². The molecule has 15 nitrogen and oxygen atoms in total. The van der Waals surface area contributed by atoms with Crippen LogP contribution >= 0.6 is 0 Å². The number of carbonyl (C=O) groups excluding carboxylic acids is 5. The highest BCUT2D eigenvalue weighted by Crippen LogP contribution is 2.69. The second kappa shape index (κ2) is 10.1. The molecule has 0 radical (unpaired) electrons. The number of methoxy groups -OCH3 is 1. The Morgan fingerprint density at radius 3 is 2.24 bits per heavy atom. The third-order valence-electron chi connectivity index (χ3n) is 11.3. The molecule has 2 saturated heterocycles. The van der Waals surface area contributed by atoms with E-state index in [1.165, 1.54) is 20.1 Å². The molecule has 3 heterocycles. The number of phenolic OH excluding ortho intramolecular Hbond substituents is 3. The number of Topliss-reactive ketones (excluding diaryl/α,β-unsaturated/α-hetero) is 3. The van der Waals surface area contributed by atoms with Crippen molar-refractivity contribution in [3.63, 3.8) is 0 Å². The summed E-state index contributed by atoms with van der Waals surface area (Å²) in [6, 6.07) is 1.53. The number of phenols is 3. The van der Waals surface area contributed by atoms with Gasteiger partial charge in [0, 0.05) is 36.5 Å². The van der Waals surface area contributed by atoms with Gasteiger partial charge in [-0.1, -0.05) is 0 Å². The molecule has 2 aromatic rings. The number of carboxylic acid groups (broad SMARTS) is 1. The fourth-order valence-corrected chi connectivity index (χ4v) is 9.46. The number of epoxide rings is 1. The number of carboxylic acids is 1. The van der Waals surface area contributed by atoms with E-state index in [0.717, 1.165) is 6.92 Å². The van der Waals surface area contributed by atoms with Crippen molar-refractivity contribution in [3.05, 3.63) is 50.6 Å². The zero-order chi connectivity index (χ0) is 36.0. The van der Waals surface area contributed by atoms with Crippen LogP contribution in [0.15, 0.2) is 6.07 Å². The Hall–Kier alpha value is -4.86. The molecule has 6 aliphatic rings. The average molecular weight is 693 g/mol. The Bertz CT molecular complexity index is 2030. The zero-order valence-electron chi connectivity index (χ0n) is 27.3. The molecule has 3 aliphatic heterocycles. The predicted molar refractivity (Wildman–Crippen MR) is 162 cm³/mol. The molecule has 2 aromatic carbocycles. The highest BCUT2D eigenvalue weighted by Gasteiger charge is 2.86. The molecule has 2 fully saturated rings. The zero-order valence-corrected chi connectivity index (χ0v) is 27.3. The summed E-state index contributed by atoms with van der Waals surface area (Å²) < 4.78 is 28.4. The number of ketones is 3. The van der Waals surface area contributed by atoms with Crippen LogP contribution in [-0.4, -0.2) is 92.3 Å². The molecule has 0 saturated carbocycles. The summed E-state index contributed by atoms with van der Waals surface area (Å²) in [6.07, 6.45) is -4.76. The summed E-state index contributed by atoms with van der Waals surface area (Å²) in [5, 5.41) is 45.2. The molecule has 2 bridgehead atoms. The lowest BCUT2D eigenvalue weighted by atomic mass is 9.66. The average Bonchev–Trinajstić information content (AvgIpc) is 3.65. The van der Waals surface area contributed by atoms with Crippen molar-refractivity contribution in [1.82, 2.24) is 0 Å². The van der Waals surface area contributed by atoms with E-state index in [4.69, 9.17) is 23.7 Å². The van der Waals surface area contributed by atoms with Crippen LogP contribution in [0.2, 0.25) is 0 Å². The van der Waals surface area contributed by atoms with E-state index in [9.17, 15) is 49.2 Å². The molecule has 0 unspecified atom stereocenters. The minimum absolute atomic E-state index is 0.0181. The maximum absolute atomic E-state index is 14.4. The van der Waals surface area contributed by atoms with Crippen LogP contribution in [0, 0.1) is 0 Å². The number of ether oxygens (including phenoxy) is 5. The second-order valence-electron chi connectivity index (χ2n) is 13.9. The van der Waals surface area contributed by atoms with Gasteiger partial charge in [0.15, 0.2) is 22.6 Å². The molecular formula is C35H32O15. The number of rotatable bonds is 5. The molecule has 262 valence electrons. The van der Waals surface area contributed by atoms with E-state index in [-0.39, 0.29) is 53.5 Å². The number of aliphatic carboxylic acids is 1. The van der Waals surface area contributed by atoms with Gasteiger partial charge >= 0.3 is 17.9 Å². The standard InChI is InChI=1S/C35H32O15/c1-11-21-14(5-15(47-11)8-20(39)46-4)6-18-23(28(21)41)27(40)17-10-33(18,49-13(3)36)26-22(17)29(42)24-25(30(26)43)31(44)34-9-16(7-19(37)38)48-12(2)35(34,50-34)32(24)45/h6,11-12,15-17,41-43H,5,7-10H2,1-4H3,(H,37,38)/t11-,12-,15+,16-,17+,33-,34-,35+/m0/s1. The summed E-state index contributed by atoms with van der Waals surface area (Å²) in [5.74, 6) is -8.50. The van der Waals surface area contributed by atoms with Crippen molar-refractivity contribution < 1.29 is 72.9 Å². The largest absolute Gasteiger partial charge is 0.507 e. The van der Waals surface area contributed by atoms with Crippen molar-refractivity contribution in [2.45, 2.75) is 100 Å². The van der Waals surface area contributed by atoms with Gasteiger partial charge in [-0.05, 0) is 31.9 Å². The normalized spacial score (nSPS) is 34.0. The van der Waals surface area contributed by atoms with Crippen molar-refractivity contribution in [2.24, 2.45) is 0 Å². The maximum Gasteiger partial charge on any atom is 0.308 e. The molecular weight excluding hydrogens is 660 g/mol. The van der Waals surface area contributed by atoms with Crippen LogP contribution in [0.5, 0.6) is 17.2 Å². The van der Waals surface area contributed by atoms with Gasteiger partial charge in [-0.3, -0.25) is 28.8 Å². The number of benzene rings is 2. The van der Waals surface area contributed by atoms with Gasteiger partial charge in [0.05, 0.1) is 72.5 Å². The van der Waals surface area contributed by atoms with Gasteiger partial charge in [-0.25, -0.2) is 0 Å². The second-order valence-corrected chi connectivity index (χ2v) is 13.9. The number of esters is 2. The molecule has 0 spiro atoms. The quantitative estimate of drug-likeness (QED) is 0.200. The lowest BCUT2D eigenvalue weighted by molar-refractivity contribution is -0.154. The fourth-order valence-electron chi connectivity index (χ4n) is 9.46. The number of aromatic hydroxyl groups is 3. The van der Waals surface area contributed by atoms with Crippen molar-refractivity contribution in [1.29, 1.82) is 0 Å². The highest BCUT2D eigenvalue weighted by molar-refractivity contribution is 6.28. The first kappa shape index (κ1) is 32.4. The SMILES string of the molecule is COC(=O)C[C@H]1Cc2cc3c(c(O)c2[C@H](C)O1)C(=O)[C@@H]1C[C@@]3(OC(C)=O)c2c(O)c3c(c(O)c21)C(=O)[C@@]12O[C@@]1(C[C@H](CC(=O)O)O[C@H]2C)C3=O. The van der Waals surface area contributed by atoms with Gasteiger partial charge in [-0.15, -0.1) is 0 Å². The van der Waals surface area contributed by atoms with Gasteiger partial charge < -0.3 is 44.1 Å². The summed E-state index contributed by atoms with van der Waals surface area (Å²) >= 11 is 0. The Morgan fingerprint density at radius 1 is 0.900 bits per heavy atom. The van der Waals surface area contributed by atoms with Crippen molar-refractivity contribution >= 4 is 35.3 Å². The van der Waals surface area contributed by atoms with E-state index < -0.39 is 117 Å². The molecule has 8 atom stereocenters. The highest BCUT2D eigenvalue weighted by atomic mass is 16.7. The molecule has 8 rings (SSSR count). The van der Waals surface area contributed by atoms with Crippen molar-refractivity contribution in [3.8, 4) is 17.2 Å². The Labute approximate surface area is 283 Å². The van der Waals surface area contributed by atoms with Crippen LogP contribution in [0.4, 0.5) is 0 Å². The maximum atomic E-state index is 14.4. The predicted octanol–water partition coefficient (Wildman–Crippen LogP) is 2.40. The lowest BCUT2D eigenvalue weighted by Crippen LogP contribution is -2.57. The summed E-state index contributed by atoms with van der Waals surface area (Å²) in [7, 11) is 1.23. The monoisotopic (exact) mass is 692 g/mol. The summed E-state index contributed by atoms with van der Waals surface area (Å²) in [4.78, 5) is 79.6. The Morgan fingerprint density at radius 2 is 1.58 bits per heavy atom. The van der Waals surface area contributed by atoms with Crippen LogP contribution in [0.1, 0.15) is 117 Å². The number of hydrogen-bond donors (Lipinski definition) is 4. The van der Waals surface area contributed by atoms with E-state index in [2.05, 4.69) is 0 Å². The number of carbonyl (C=O) groups is 6. The Balaban J connectivity index is 1.35. The smallest absolute Gasteiger partial charge is 0.308 e. The summed E-state index contributed by atoms with van der Waals surface area (Å²) in [6.45, 7) is 4.18. The first-order valence-corrected chi connectivity index (χ1v) is 16.2. The molecule has 15 heteroatoms. The van der Waals surface area contributed by atoms with Gasteiger partial charge in [-0.2, -0.15) is 0 Å². The van der Waals surface area contributed by atoms with Crippen LogP contribution in [0.25, 0.3) is 0 Å². The van der Waals surface area contributed by atoms with Crippen LogP contribution < -0.4 is 0 Å². The van der Waals surface area contributed by atoms with Gasteiger partial charge in [0.1, 0.15) is 17.2 Å². The minimum Gasteiger partial charge on any atom is -0.507 e. The fraction of sp³-hybridized carbons (Fsp3) is 0.486. The van der Waals surface area contributed by atoms with Crippen LogP contribution in [-0.2, 0) is 50.1 Å².